The maximum absolute atomic E-state index is 12.6. The molecule has 0 radical (unpaired) electrons. The highest BCUT2D eigenvalue weighted by molar-refractivity contribution is 7.09. The maximum Gasteiger partial charge on any atom is 0.434 e. The minimum absolute atomic E-state index is 0.103. The molecule has 1 heterocycles. The first kappa shape index (κ1) is 24.0. The molecule has 0 saturated carbocycles. The van der Waals surface area contributed by atoms with Crippen molar-refractivity contribution in [2.24, 2.45) is 10.9 Å². The van der Waals surface area contributed by atoms with E-state index in [1.807, 2.05) is 13.8 Å². The van der Waals surface area contributed by atoms with Gasteiger partial charge in [0.15, 0.2) is 11.7 Å². The van der Waals surface area contributed by atoms with Gasteiger partial charge >= 0.3 is 12.3 Å². The molecule has 1 rings (SSSR count). The molecule has 0 spiro atoms. The number of hydrogen-bond donors (Lipinski definition) is 3. The molecule has 11 heteroatoms. The number of aliphatic imine (C=N–C) groups is 1. The summed E-state index contributed by atoms with van der Waals surface area (Å²) < 4.78 is 43.1. The van der Waals surface area contributed by atoms with Crippen LogP contribution in [0.15, 0.2) is 10.4 Å². The predicted molar refractivity (Wildman–Crippen MR) is 103 cm³/mol. The first-order valence-electron chi connectivity index (χ1n) is 8.77. The zero-order chi connectivity index (χ0) is 21.5. The lowest BCUT2D eigenvalue weighted by molar-refractivity contribution is -0.140. The molecule has 0 bridgehead atoms. The Labute approximate surface area is 167 Å². The fraction of sp³-hybridized carbons (Fsp3) is 0.706. The van der Waals surface area contributed by atoms with E-state index in [0.717, 1.165) is 16.7 Å². The number of guanidine groups is 1. The molecule has 3 N–H and O–H groups in total. The highest BCUT2D eigenvalue weighted by atomic mass is 32.1. The van der Waals surface area contributed by atoms with Gasteiger partial charge in [-0.2, -0.15) is 13.2 Å². The number of thiazole rings is 1. The predicted octanol–water partition coefficient (Wildman–Crippen LogP) is 3.38. The molecule has 0 saturated heterocycles. The number of amides is 1. The van der Waals surface area contributed by atoms with Crippen LogP contribution in [0.4, 0.5) is 18.0 Å². The van der Waals surface area contributed by atoms with Gasteiger partial charge in [0, 0.05) is 19.0 Å². The molecular formula is C17H28F3N5O2S. The Morgan fingerprint density at radius 1 is 1.29 bits per heavy atom. The number of halogens is 3. The van der Waals surface area contributed by atoms with E-state index < -0.39 is 23.6 Å². The topological polar surface area (TPSA) is 87.6 Å². The Bertz CT molecular complexity index is 668. The number of hydrogen-bond acceptors (Lipinski definition) is 5. The minimum atomic E-state index is -4.45. The van der Waals surface area contributed by atoms with Gasteiger partial charge < -0.3 is 20.7 Å². The summed E-state index contributed by atoms with van der Waals surface area (Å²) in [5, 5.41) is 10.0. The van der Waals surface area contributed by atoms with Crippen LogP contribution in [0.2, 0.25) is 0 Å². The molecule has 1 aromatic heterocycles. The van der Waals surface area contributed by atoms with E-state index in [1.165, 1.54) is 0 Å². The summed E-state index contributed by atoms with van der Waals surface area (Å²) in [6.45, 7) is 9.72. The Balaban J connectivity index is 2.56. The van der Waals surface area contributed by atoms with Crippen LogP contribution < -0.4 is 16.0 Å². The third-order valence-electron chi connectivity index (χ3n) is 3.47. The fourth-order valence-electron chi connectivity index (χ4n) is 2.02. The average Bonchev–Trinajstić information content (AvgIpc) is 3.01. The normalized spacial score (nSPS) is 14.0. The van der Waals surface area contributed by atoms with Gasteiger partial charge in [-0.05, 0) is 26.7 Å². The van der Waals surface area contributed by atoms with E-state index in [9.17, 15) is 18.0 Å². The van der Waals surface area contributed by atoms with Gasteiger partial charge in [-0.1, -0.05) is 13.8 Å². The SMILES string of the molecule is CN=C(NCc1nc(C(F)(F)F)cs1)NCC(NC(=O)OC(C)(C)C)C(C)C. The lowest BCUT2D eigenvalue weighted by Crippen LogP contribution is -2.50. The number of alkyl halides is 3. The molecule has 1 atom stereocenters. The summed E-state index contributed by atoms with van der Waals surface area (Å²) in [5.41, 5.74) is -1.50. The second-order valence-corrected chi connectivity index (χ2v) is 8.37. The van der Waals surface area contributed by atoms with Crippen LogP contribution in [-0.4, -0.2) is 42.3 Å². The van der Waals surface area contributed by atoms with E-state index in [2.05, 4.69) is 25.9 Å². The lowest BCUT2D eigenvalue weighted by atomic mass is 10.0. The van der Waals surface area contributed by atoms with Crippen LogP contribution in [0, 0.1) is 5.92 Å². The molecule has 0 aliphatic heterocycles. The highest BCUT2D eigenvalue weighted by Gasteiger charge is 2.33. The van der Waals surface area contributed by atoms with Crippen molar-refractivity contribution in [3.63, 3.8) is 0 Å². The Morgan fingerprint density at radius 2 is 1.93 bits per heavy atom. The van der Waals surface area contributed by atoms with Gasteiger partial charge in [0.2, 0.25) is 0 Å². The van der Waals surface area contributed by atoms with E-state index in [1.54, 1.807) is 27.8 Å². The first-order valence-corrected chi connectivity index (χ1v) is 9.65. The van der Waals surface area contributed by atoms with Crippen molar-refractivity contribution >= 4 is 23.4 Å². The molecule has 1 unspecified atom stereocenters. The smallest absolute Gasteiger partial charge is 0.434 e. The highest BCUT2D eigenvalue weighted by Crippen LogP contribution is 2.29. The Morgan fingerprint density at radius 3 is 2.39 bits per heavy atom. The molecule has 0 aliphatic rings. The summed E-state index contributed by atoms with van der Waals surface area (Å²) in [6.07, 6.45) is -4.97. The number of aromatic nitrogens is 1. The third-order valence-corrected chi connectivity index (χ3v) is 4.32. The molecule has 0 aromatic carbocycles. The molecule has 1 aromatic rings. The van der Waals surface area contributed by atoms with Gasteiger partial charge in [-0.15, -0.1) is 11.3 Å². The Hall–Kier alpha value is -2.04. The monoisotopic (exact) mass is 423 g/mol. The standard InChI is InChI=1S/C17H28F3N5O2S/c1-10(2)11(24-15(26)27-16(3,4)5)7-22-14(21-6)23-8-13-25-12(9-28-13)17(18,19)20/h9-11H,7-8H2,1-6H3,(H,24,26)(H2,21,22,23). The summed E-state index contributed by atoms with van der Waals surface area (Å²) in [4.78, 5) is 19.6. The van der Waals surface area contributed by atoms with Crippen molar-refractivity contribution in [2.45, 2.75) is 59.0 Å². The first-order chi connectivity index (χ1) is 12.8. The van der Waals surface area contributed by atoms with Crippen molar-refractivity contribution in [1.82, 2.24) is 20.9 Å². The largest absolute Gasteiger partial charge is 0.444 e. The number of nitrogens with zero attached hydrogens (tertiary/aromatic N) is 2. The lowest BCUT2D eigenvalue weighted by Gasteiger charge is -2.26. The van der Waals surface area contributed by atoms with E-state index in [-0.39, 0.29) is 18.5 Å². The number of alkyl carbamates (subject to hydrolysis) is 1. The second-order valence-electron chi connectivity index (χ2n) is 7.43. The fourth-order valence-corrected chi connectivity index (χ4v) is 2.76. The van der Waals surface area contributed by atoms with Crippen molar-refractivity contribution in [2.75, 3.05) is 13.6 Å². The van der Waals surface area contributed by atoms with E-state index in [0.29, 0.717) is 17.5 Å². The van der Waals surface area contributed by atoms with Crippen molar-refractivity contribution < 1.29 is 22.7 Å². The average molecular weight is 424 g/mol. The van der Waals surface area contributed by atoms with Gasteiger partial charge in [0.25, 0.3) is 0 Å². The van der Waals surface area contributed by atoms with Crippen LogP contribution in [0.1, 0.15) is 45.3 Å². The Kier molecular flexibility index (Phi) is 8.52. The van der Waals surface area contributed by atoms with Gasteiger partial charge in [0.1, 0.15) is 10.6 Å². The molecule has 0 aliphatic carbocycles. The van der Waals surface area contributed by atoms with E-state index in [4.69, 9.17) is 4.74 Å². The summed E-state index contributed by atoms with van der Waals surface area (Å²) in [7, 11) is 1.55. The number of rotatable bonds is 6. The molecular weight excluding hydrogens is 395 g/mol. The molecule has 160 valence electrons. The zero-order valence-corrected chi connectivity index (χ0v) is 17.7. The van der Waals surface area contributed by atoms with Crippen LogP contribution in [0.25, 0.3) is 0 Å². The summed E-state index contributed by atoms with van der Waals surface area (Å²) in [6, 6.07) is -0.231. The second kappa shape index (κ2) is 9.94. The van der Waals surface area contributed by atoms with Gasteiger partial charge in [-0.25, -0.2) is 9.78 Å². The van der Waals surface area contributed by atoms with Crippen LogP contribution >= 0.6 is 11.3 Å². The van der Waals surface area contributed by atoms with Crippen molar-refractivity contribution in [1.29, 1.82) is 0 Å². The number of nitrogens with one attached hydrogen (secondary N) is 3. The number of ether oxygens (including phenoxy) is 1. The van der Waals surface area contributed by atoms with Crippen LogP contribution in [0.3, 0.4) is 0 Å². The van der Waals surface area contributed by atoms with Crippen molar-refractivity contribution in [3.8, 4) is 0 Å². The summed E-state index contributed by atoms with van der Waals surface area (Å²) in [5.74, 6) is 0.506. The summed E-state index contributed by atoms with van der Waals surface area (Å²) >= 11 is 0.922. The van der Waals surface area contributed by atoms with Crippen molar-refractivity contribution in [3.05, 3.63) is 16.1 Å². The van der Waals surface area contributed by atoms with Crippen LogP contribution in [0.5, 0.6) is 0 Å². The third kappa shape index (κ3) is 8.77. The van der Waals surface area contributed by atoms with Gasteiger partial charge in [0.05, 0.1) is 12.6 Å². The molecule has 7 nitrogen and oxygen atoms in total. The number of carbonyl (C=O) groups excluding carboxylic acids is 1. The maximum atomic E-state index is 12.6. The molecule has 0 fully saturated rings. The quantitative estimate of drug-likeness (QED) is 0.482. The minimum Gasteiger partial charge on any atom is -0.444 e. The van der Waals surface area contributed by atoms with Gasteiger partial charge in [-0.3, -0.25) is 4.99 Å². The zero-order valence-electron chi connectivity index (χ0n) is 16.9. The van der Waals surface area contributed by atoms with E-state index >= 15 is 0 Å². The van der Waals surface area contributed by atoms with Crippen LogP contribution in [-0.2, 0) is 17.5 Å². The number of carbonyl (C=O) groups is 1. The molecule has 28 heavy (non-hydrogen) atoms. The molecule has 1 amide bonds.